The lowest BCUT2D eigenvalue weighted by molar-refractivity contribution is 0.183. The summed E-state index contributed by atoms with van der Waals surface area (Å²) >= 11 is 0. The molecule has 0 heterocycles. The van der Waals surface area contributed by atoms with Crippen LogP contribution in [0.15, 0.2) is 18.2 Å². The van der Waals surface area contributed by atoms with Crippen LogP contribution >= 0.6 is 0 Å². The first kappa shape index (κ1) is 20.1. The summed E-state index contributed by atoms with van der Waals surface area (Å²) in [5, 5.41) is 3.68. The van der Waals surface area contributed by atoms with E-state index in [1.165, 1.54) is 5.56 Å². The first-order valence-corrected chi connectivity index (χ1v) is 9.68. The molecule has 4 heteroatoms. The highest BCUT2D eigenvalue weighted by molar-refractivity contribution is 5.54. The summed E-state index contributed by atoms with van der Waals surface area (Å²) < 4.78 is 11.3. The average molecular weight is 349 g/mol. The second kappa shape index (κ2) is 9.44. The molecule has 0 aromatic heterocycles. The summed E-state index contributed by atoms with van der Waals surface area (Å²) in [5.74, 6) is 1.00. The number of methoxy groups -OCH3 is 1. The molecule has 1 aromatic carbocycles. The average Bonchev–Trinajstić information content (AvgIpc) is 2.56. The molecule has 0 amide bonds. The van der Waals surface area contributed by atoms with Crippen LogP contribution < -0.4 is 15.8 Å². The van der Waals surface area contributed by atoms with E-state index in [0.717, 1.165) is 63.2 Å². The molecule has 142 valence electrons. The Bertz CT molecular complexity index is 517. The molecule has 1 aliphatic rings. The van der Waals surface area contributed by atoms with Gasteiger partial charge in [-0.05, 0) is 55.6 Å². The molecule has 1 fully saturated rings. The Morgan fingerprint density at radius 3 is 2.40 bits per heavy atom. The van der Waals surface area contributed by atoms with Gasteiger partial charge in [-0.15, -0.1) is 0 Å². The van der Waals surface area contributed by atoms with Gasteiger partial charge in [0.15, 0.2) is 0 Å². The molecule has 2 rings (SSSR count). The predicted molar refractivity (Wildman–Crippen MR) is 106 cm³/mol. The Hall–Kier alpha value is -1.26. The van der Waals surface area contributed by atoms with Gasteiger partial charge in [0.1, 0.15) is 5.75 Å². The maximum atomic E-state index is 6.14. The minimum Gasteiger partial charge on any atom is -0.493 e. The highest BCUT2D eigenvalue weighted by Gasteiger charge is 2.21. The van der Waals surface area contributed by atoms with Crippen molar-refractivity contribution in [1.29, 1.82) is 0 Å². The maximum Gasteiger partial charge on any atom is 0.125 e. The van der Waals surface area contributed by atoms with E-state index in [1.54, 1.807) is 7.11 Å². The standard InChI is InChI=1S/C21H36N2O2/c1-21(2,3)19-12-11-18(23-17-9-7-16(22)8-10-17)15-20(19)25-14-6-5-13-24-4/h11-12,15-17,23H,5-10,13-14,22H2,1-4H3. The Balaban J connectivity index is 2.02. The van der Waals surface area contributed by atoms with E-state index in [0.29, 0.717) is 12.1 Å². The van der Waals surface area contributed by atoms with Crippen LogP contribution in [0.25, 0.3) is 0 Å². The smallest absolute Gasteiger partial charge is 0.125 e. The summed E-state index contributed by atoms with van der Waals surface area (Å²) in [6.07, 6.45) is 6.56. The van der Waals surface area contributed by atoms with Crippen LogP contribution in [0.1, 0.15) is 64.9 Å². The van der Waals surface area contributed by atoms with Gasteiger partial charge in [0.25, 0.3) is 0 Å². The summed E-state index contributed by atoms with van der Waals surface area (Å²) in [4.78, 5) is 0. The quantitative estimate of drug-likeness (QED) is 0.681. The van der Waals surface area contributed by atoms with Crippen LogP contribution in [0.4, 0.5) is 5.69 Å². The largest absolute Gasteiger partial charge is 0.493 e. The van der Waals surface area contributed by atoms with E-state index < -0.39 is 0 Å². The number of ether oxygens (including phenoxy) is 2. The molecule has 25 heavy (non-hydrogen) atoms. The van der Waals surface area contributed by atoms with Gasteiger partial charge in [0.2, 0.25) is 0 Å². The second-order valence-corrected chi connectivity index (χ2v) is 8.27. The molecule has 0 spiro atoms. The van der Waals surface area contributed by atoms with Crippen molar-refractivity contribution in [2.45, 2.75) is 76.8 Å². The first-order chi connectivity index (χ1) is 11.9. The van der Waals surface area contributed by atoms with Crippen LogP contribution in [0.5, 0.6) is 5.75 Å². The van der Waals surface area contributed by atoms with Gasteiger partial charge in [0, 0.05) is 37.6 Å². The van der Waals surface area contributed by atoms with Crippen molar-refractivity contribution >= 4 is 5.69 Å². The molecule has 1 aliphatic carbocycles. The lowest BCUT2D eigenvalue weighted by Crippen LogP contribution is -2.32. The zero-order valence-corrected chi connectivity index (χ0v) is 16.4. The Kier molecular flexibility index (Phi) is 7.57. The Morgan fingerprint density at radius 2 is 1.76 bits per heavy atom. The molecule has 0 radical (unpaired) electrons. The molecular formula is C21H36N2O2. The number of nitrogens with one attached hydrogen (secondary N) is 1. The minimum atomic E-state index is 0.0675. The number of anilines is 1. The molecule has 0 aliphatic heterocycles. The number of unbranched alkanes of at least 4 members (excludes halogenated alkanes) is 1. The number of hydrogen-bond donors (Lipinski definition) is 2. The van der Waals surface area contributed by atoms with Crippen LogP contribution in [0.3, 0.4) is 0 Å². The number of benzene rings is 1. The van der Waals surface area contributed by atoms with E-state index in [2.05, 4.69) is 44.3 Å². The topological polar surface area (TPSA) is 56.5 Å². The molecule has 3 N–H and O–H groups in total. The normalized spacial score (nSPS) is 21.2. The third-order valence-corrected chi connectivity index (χ3v) is 4.93. The fraction of sp³-hybridized carbons (Fsp3) is 0.714. The summed E-state index contributed by atoms with van der Waals surface area (Å²) in [6, 6.07) is 7.47. The second-order valence-electron chi connectivity index (χ2n) is 8.27. The van der Waals surface area contributed by atoms with E-state index in [9.17, 15) is 0 Å². The van der Waals surface area contributed by atoms with Crippen molar-refractivity contribution in [3.8, 4) is 5.75 Å². The van der Waals surface area contributed by atoms with E-state index in [4.69, 9.17) is 15.2 Å². The third-order valence-electron chi connectivity index (χ3n) is 4.93. The summed E-state index contributed by atoms with van der Waals surface area (Å²) in [5.41, 5.74) is 8.50. The zero-order valence-electron chi connectivity index (χ0n) is 16.4. The Labute approximate surface area is 153 Å². The van der Waals surface area contributed by atoms with Gasteiger partial charge in [0.05, 0.1) is 6.61 Å². The molecular weight excluding hydrogens is 312 g/mol. The monoisotopic (exact) mass is 348 g/mol. The molecule has 0 atom stereocenters. The highest BCUT2D eigenvalue weighted by Crippen LogP contribution is 2.34. The van der Waals surface area contributed by atoms with Crippen LogP contribution in [0, 0.1) is 0 Å². The maximum absolute atomic E-state index is 6.14. The number of nitrogens with two attached hydrogens (primary N) is 1. The molecule has 0 unspecified atom stereocenters. The molecule has 0 bridgehead atoms. The van der Waals surface area contributed by atoms with Gasteiger partial charge in [-0.2, -0.15) is 0 Å². The number of rotatable bonds is 8. The zero-order chi connectivity index (χ0) is 18.3. The first-order valence-electron chi connectivity index (χ1n) is 9.68. The fourth-order valence-electron chi connectivity index (χ4n) is 3.38. The van der Waals surface area contributed by atoms with E-state index in [1.807, 2.05) is 0 Å². The molecule has 4 nitrogen and oxygen atoms in total. The fourth-order valence-corrected chi connectivity index (χ4v) is 3.38. The van der Waals surface area contributed by atoms with Crippen LogP contribution in [0.2, 0.25) is 0 Å². The molecule has 0 saturated heterocycles. The number of hydrogen-bond acceptors (Lipinski definition) is 4. The highest BCUT2D eigenvalue weighted by atomic mass is 16.5. The predicted octanol–water partition coefficient (Wildman–Crippen LogP) is 4.47. The van der Waals surface area contributed by atoms with Gasteiger partial charge in [-0.1, -0.05) is 26.8 Å². The van der Waals surface area contributed by atoms with Crippen molar-refractivity contribution in [3.63, 3.8) is 0 Å². The molecule has 1 aromatic rings. The lowest BCUT2D eigenvalue weighted by atomic mass is 9.86. The lowest BCUT2D eigenvalue weighted by Gasteiger charge is -2.29. The minimum absolute atomic E-state index is 0.0675. The van der Waals surface area contributed by atoms with Crippen molar-refractivity contribution in [2.75, 3.05) is 25.6 Å². The van der Waals surface area contributed by atoms with Crippen molar-refractivity contribution in [2.24, 2.45) is 5.73 Å². The van der Waals surface area contributed by atoms with Crippen LogP contribution in [-0.2, 0) is 10.2 Å². The van der Waals surface area contributed by atoms with Crippen LogP contribution in [-0.4, -0.2) is 32.4 Å². The van der Waals surface area contributed by atoms with Gasteiger partial charge >= 0.3 is 0 Å². The van der Waals surface area contributed by atoms with Gasteiger partial charge < -0.3 is 20.5 Å². The van der Waals surface area contributed by atoms with Crippen molar-refractivity contribution in [1.82, 2.24) is 0 Å². The summed E-state index contributed by atoms with van der Waals surface area (Å²) in [7, 11) is 1.74. The van der Waals surface area contributed by atoms with Crippen molar-refractivity contribution < 1.29 is 9.47 Å². The van der Waals surface area contributed by atoms with Crippen molar-refractivity contribution in [3.05, 3.63) is 23.8 Å². The van der Waals surface area contributed by atoms with E-state index >= 15 is 0 Å². The van der Waals surface area contributed by atoms with Gasteiger partial charge in [-0.3, -0.25) is 0 Å². The van der Waals surface area contributed by atoms with Gasteiger partial charge in [-0.25, -0.2) is 0 Å². The third kappa shape index (κ3) is 6.52. The Morgan fingerprint density at radius 1 is 1.08 bits per heavy atom. The SMILES string of the molecule is COCCCCOc1cc(NC2CCC(N)CC2)ccc1C(C)(C)C. The molecule has 1 saturated carbocycles. The summed E-state index contributed by atoms with van der Waals surface area (Å²) in [6.45, 7) is 8.22. The van der Waals surface area contributed by atoms with E-state index in [-0.39, 0.29) is 5.41 Å².